The molecule has 3 atom stereocenters. The lowest BCUT2D eigenvalue weighted by Gasteiger charge is -2.23. The Morgan fingerprint density at radius 3 is 2.59 bits per heavy atom. The molecule has 2 aliphatic heterocycles. The number of hydrogen-bond acceptors (Lipinski definition) is 3. The van der Waals surface area contributed by atoms with Crippen LogP contribution in [0.2, 0.25) is 0 Å². The third-order valence-electron chi connectivity index (χ3n) is 3.91. The lowest BCUT2D eigenvalue weighted by Crippen LogP contribution is -2.39. The molecular formula is C12H20N2O3. The van der Waals surface area contributed by atoms with Gasteiger partial charge in [-0.3, -0.25) is 9.59 Å². The van der Waals surface area contributed by atoms with Gasteiger partial charge in [0.25, 0.3) is 0 Å². The lowest BCUT2D eigenvalue weighted by molar-refractivity contribution is -0.143. The van der Waals surface area contributed by atoms with Gasteiger partial charge >= 0.3 is 5.97 Å². The average Bonchev–Trinajstić information content (AvgIpc) is 2.82. The molecule has 2 saturated heterocycles. The van der Waals surface area contributed by atoms with Crippen molar-refractivity contribution in [3.63, 3.8) is 0 Å². The topological polar surface area (TPSA) is 60.9 Å². The van der Waals surface area contributed by atoms with E-state index >= 15 is 0 Å². The number of carbonyl (C=O) groups excluding carboxylic acids is 1. The number of hydrogen-bond donors (Lipinski definition) is 1. The van der Waals surface area contributed by atoms with Crippen molar-refractivity contribution < 1.29 is 14.7 Å². The van der Waals surface area contributed by atoms with Gasteiger partial charge < -0.3 is 14.9 Å². The smallest absolute Gasteiger partial charge is 0.308 e. The van der Waals surface area contributed by atoms with Gasteiger partial charge in [-0.25, -0.2) is 0 Å². The first-order chi connectivity index (χ1) is 8.00. The zero-order valence-electron chi connectivity index (χ0n) is 10.4. The number of carboxylic acids is 1. The Hall–Kier alpha value is -1.10. The maximum absolute atomic E-state index is 12.1. The standard InChI is InChI=1S/C12H20N2O3/c1-13(2)6-5-11(15)14-8-3-4-10(14)9(7-8)12(16)17/h8-10H,3-7H2,1-2H3,(H,16,17). The van der Waals surface area contributed by atoms with Gasteiger partial charge in [0.2, 0.25) is 5.91 Å². The van der Waals surface area contributed by atoms with Gasteiger partial charge in [-0.15, -0.1) is 0 Å². The first-order valence-corrected chi connectivity index (χ1v) is 6.19. The molecule has 2 rings (SSSR count). The molecule has 0 aromatic carbocycles. The van der Waals surface area contributed by atoms with Crippen molar-refractivity contribution in [2.45, 2.75) is 37.8 Å². The van der Waals surface area contributed by atoms with Crippen LogP contribution in [0.5, 0.6) is 0 Å². The number of aliphatic carboxylic acids is 1. The molecule has 2 bridgehead atoms. The van der Waals surface area contributed by atoms with E-state index in [2.05, 4.69) is 0 Å². The molecule has 2 aliphatic rings. The monoisotopic (exact) mass is 240 g/mol. The fraction of sp³-hybridized carbons (Fsp3) is 0.833. The molecule has 0 aliphatic carbocycles. The number of fused-ring (bicyclic) bond motifs is 2. The van der Waals surface area contributed by atoms with E-state index in [4.69, 9.17) is 5.11 Å². The highest BCUT2D eigenvalue weighted by atomic mass is 16.4. The van der Waals surface area contributed by atoms with Gasteiger partial charge in [-0.1, -0.05) is 0 Å². The second-order valence-electron chi connectivity index (χ2n) is 5.33. The van der Waals surface area contributed by atoms with Crippen LogP contribution in [0.15, 0.2) is 0 Å². The van der Waals surface area contributed by atoms with E-state index in [-0.39, 0.29) is 23.9 Å². The SMILES string of the molecule is CN(C)CCC(=O)N1C2CCC1C(C(=O)O)C2. The van der Waals surface area contributed by atoms with Gasteiger partial charge in [-0.2, -0.15) is 0 Å². The minimum absolute atomic E-state index is 0.0489. The predicted molar refractivity (Wildman–Crippen MR) is 62.6 cm³/mol. The number of rotatable bonds is 4. The van der Waals surface area contributed by atoms with E-state index in [1.54, 1.807) is 0 Å². The van der Waals surface area contributed by atoms with Gasteiger partial charge in [0.05, 0.1) is 5.92 Å². The van der Waals surface area contributed by atoms with Crippen LogP contribution >= 0.6 is 0 Å². The van der Waals surface area contributed by atoms with E-state index in [1.165, 1.54) is 0 Å². The van der Waals surface area contributed by atoms with E-state index in [0.29, 0.717) is 12.8 Å². The second kappa shape index (κ2) is 4.64. The summed E-state index contributed by atoms with van der Waals surface area (Å²) in [5.74, 6) is -0.963. The third-order valence-corrected chi connectivity index (χ3v) is 3.91. The predicted octanol–water partition coefficient (Wildman–Crippen LogP) is 0.402. The Morgan fingerprint density at radius 1 is 1.35 bits per heavy atom. The highest BCUT2D eigenvalue weighted by Gasteiger charge is 2.50. The van der Waals surface area contributed by atoms with Crippen molar-refractivity contribution in [3.8, 4) is 0 Å². The molecule has 17 heavy (non-hydrogen) atoms. The number of carbonyl (C=O) groups is 2. The summed E-state index contributed by atoms with van der Waals surface area (Å²) in [6.07, 6.45) is 2.97. The van der Waals surface area contributed by atoms with Crippen LogP contribution in [0, 0.1) is 5.92 Å². The summed E-state index contributed by atoms with van der Waals surface area (Å²) in [5.41, 5.74) is 0. The van der Waals surface area contributed by atoms with Crippen molar-refractivity contribution in [1.29, 1.82) is 0 Å². The summed E-state index contributed by atoms with van der Waals surface area (Å²) >= 11 is 0. The van der Waals surface area contributed by atoms with Crippen molar-refractivity contribution in [1.82, 2.24) is 9.80 Å². The highest BCUT2D eigenvalue weighted by molar-refractivity contribution is 5.80. The summed E-state index contributed by atoms with van der Waals surface area (Å²) in [6.45, 7) is 0.729. The van der Waals surface area contributed by atoms with E-state index in [0.717, 1.165) is 19.4 Å². The molecule has 0 radical (unpaired) electrons. The molecule has 1 amide bonds. The number of nitrogens with zero attached hydrogens (tertiary/aromatic N) is 2. The number of carboxylic acid groups (broad SMARTS) is 1. The minimum atomic E-state index is -0.748. The van der Waals surface area contributed by atoms with Crippen LogP contribution in [0.3, 0.4) is 0 Å². The third kappa shape index (κ3) is 2.29. The Morgan fingerprint density at radius 2 is 2.06 bits per heavy atom. The summed E-state index contributed by atoms with van der Waals surface area (Å²) < 4.78 is 0. The summed E-state index contributed by atoms with van der Waals surface area (Å²) in [6, 6.07) is 0.128. The largest absolute Gasteiger partial charge is 0.481 e. The van der Waals surface area contributed by atoms with E-state index in [1.807, 2.05) is 23.9 Å². The Balaban J connectivity index is 1.98. The molecule has 2 fully saturated rings. The van der Waals surface area contributed by atoms with Crippen molar-refractivity contribution in [2.24, 2.45) is 5.92 Å². The molecule has 2 heterocycles. The fourth-order valence-corrected chi connectivity index (χ4v) is 3.09. The molecule has 1 N–H and O–H groups in total. The van der Waals surface area contributed by atoms with Crippen LogP contribution in [-0.2, 0) is 9.59 Å². The van der Waals surface area contributed by atoms with Gasteiger partial charge in [0.15, 0.2) is 0 Å². The van der Waals surface area contributed by atoms with Gasteiger partial charge in [0, 0.05) is 25.0 Å². The molecule has 3 unspecified atom stereocenters. The van der Waals surface area contributed by atoms with Crippen molar-refractivity contribution in [3.05, 3.63) is 0 Å². The van der Waals surface area contributed by atoms with Crippen LogP contribution in [0.1, 0.15) is 25.7 Å². The molecule has 96 valence electrons. The second-order valence-corrected chi connectivity index (χ2v) is 5.33. The lowest BCUT2D eigenvalue weighted by atomic mass is 9.89. The summed E-state index contributed by atoms with van der Waals surface area (Å²) in [5, 5.41) is 9.11. The molecular weight excluding hydrogens is 220 g/mol. The quantitative estimate of drug-likeness (QED) is 0.773. The molecule has 0 aromatic rings. The molecule has 5 nitrogen and oxygen atoms in total. The van der Waals surface area contributed by atoms with Crippen LogP contribution in [0.4, 0.5) is 0 Å². The molecule has 5 heteroatoms. The normalized spacial score (nSPS) is 31.2. The zero-order chi connectivity index (χ0) is 12.6. The van der Waals surface area contributed by atoms with E-state index in [9.17, 15) is 9.59 Å². The summed E-state index contributed by atoms with van der Waals surface area (Å²) in [7, 11) is 3.87. The zero-order valence-corrected chi connectivity index (χ0v) is 10.4. The van der Waals surface area contributed by atoms with Crippen molar-refractivity contribution >= 4 is 11.9 Å². The molecule has 0 aromatic heterocycles. The Bertz CT molecular complexity index is 330. The maximum atomic E-state index is 12.1. The van der Waals surface area contributed by atoms with Crippen LogP contribution < -0.4 is 0 Å². The first-order valence-electron chi connectivity index (χ1n) is 6.19. The Labute approximate surface area is 101 Å². The Kier molecular flexibility index (Phi) is 3.38. The van der Waals surface area contributed by atoms with Crippen LogP contribution in [-0.4, -0.2) is 59.5 Å². The average molecular weight is 240 g/mol. The fourth-order valence-electron chi connectivity index (χ4n) is 3.09. The number of amides is 1. The summed E-state index contributed by atoms with van der Waals surface area (Å²) in [4.78, 5) is 27.0. The van der Waals surface area contributed by atoms with Crippen LogP contribution in [0.25, 0.3) is 0 Å². The van der Waals surface area contributed by atoms with E-state index < -0.39 is 5.97 Å². The van der Waals surface area contributed by atoms with Gasteiger partial charge in [-0.05, 0) is 33.4 Å². The minimum Gasteiger partial charge on any atom is -0.481 e. The molecule has 0 spiro atoms. The molecule has 0 saturated carbocycles. The first kappa shape index (κ1) is 12.4. The van der Waals surface area contributed by atoms with Crippen molar-refractivity contribution in [2.75, 3.05) is 20.6 Å². The maximum Gasteiger partial charge on any atom is 0.308 e. The van der Waals surface area contributed by atoms with Gasteiger partial charge in [0.1, 0.15) is 0 Å². The highest BCUT2D eigenvalue weighted by Crippen LogP contribution is 2.42.